The Bertz CT molecular complexity index is 1670. The van der Waals surface area contributed by atoms with Crippen LogP contribution >= 0.6 is 11.6 Å². The third kappa shape index (κ3) is 7.14. The third-order valence-corrected chi connectivity index (χ3v) is 8.28. The van der Waals surface area contributed by atoms with Crippen molar-refractivity contribution >= 4 is 23.6 Å². The lowest BCUT2D eigenvalue weighted by Gasteiger charge is -2.41. The van der Waals surface area contributed by atoms with Crippen LogP contribution in [-0.4, -0.2) is 62.5 Å². The van der Waals surface area contributed by atoms with Crippen LogP contribution in [0.25, 0.3) is 11.3 Å². The van der Waals surface area contributed by atoms with Crippen molar-refractivity contribution < 1.29 is 23.5 Å². The Morgan fingerprint density at radius 3 is 2.40 bits per heavy atom. The van der Waals surface area contributed by atoms with Gasteiger partial charge in [-0.1, -0.05) is 23.7 Å². The van der Waals surface area contributed by atoms with Gasteiger partial charge < -0.3 is 18.8 Å². The smallest absolute Gasteiger partial charge is 0.410 e. The Kier molecular flexibility index (Phi) is 8.55. The maximum Gasteiger partial charge on any atom is 0.410 e. The molecule has 45 heavy (non-hydrogen) atoms. The lowest BCUT2D eigenvalue weighted by Crippen LogP contribution is -2.57. The monoisotopic (exact) mass is 628 g/mol. The van der Waals surface area contributed by atoms with E-state index in [4.69, 9.17) is 30.5 Å². The number of likely N-dealkylation sites (tertiary alicyclic amines) is 1. The summed E-state index contributed by atoms with van der Waals surface area (Å²) in [4.78, 5) is 38.9. The zero-order valence-electron chi connectivity index (χ0n) is 26.0. The lowest BCUT2D eigenvalue weighted by molar-refractivity contribution is -0.00336. The Labute approximate surface area is 268 Å². The zero-order chi connectivity index (χ0) is 31.7. The number of aryl methyl sites for hydroxylation is 1. The van der Waals surface area contributed by atoms with Crippen molar-refractivity contribution in [2.45, 2.75) is 71.2 Å². The molecule has 2 saturated heterocycles. The number of hydrogen-bond donors (Lipinski definition) is 0. The molecule has 0 saturated carbocycles. The molecule has 2 amide bonds. The number of rotatable bonds is 7. The number of benzene rings is 2. The summed E-state index contributed by atoms with van der Waals surface area (Å²) >= 11 is 6.11. The summed E-state index contributed by atoms with van der Waals surface area (Å²) in [7, 11) is 0. The van der Waals surface area contributed by atoms with Gasteiger partial charge in [0, 0.05) is 36.3 Å². The maximum absolute atomic E-state index is 13.3. The number of carbonyl (C=O) groups is 2. The Morgan fingerprint density at radius 2 is 1.76 bits per heavy atom. The average molecular weight is 629 g/mol. The van der Waals surface area contributed by atoms with Crippen LogP contribution in [0.4, 0.5) is 4.79 Å². The van der Waals surface area contributed by atoms with Gasteiger partial charge in [0.25, 0.3) is 5.91 Å². The van der Waals surface area contributed by atoms with Crippen LogP contribution in [0.1, 0.15) is 66.9 Å². The van der Waals surface area contributed by atoms with E-state index >= 15 is 0 Å². The Hall–Kier alpha value is -4.37. The molecule has 2 aromatic heterocycles. The van der Waals surface area contributed by atoms with Crippen LogP contribution in [0.15, 0.2) is 71.3 Å². The fraction of sp³-hybridized carbons (Fsp3) is 0.371. The number of nitrogens with zero attached hydrogens (tertiary/aromatic N) is 4. The van der Waals surface area contributed by atoms with Gasteiger partial charge in [-0.05, 0) is 94.6 Å². The molecule has 0 N–H and O–H groups in total. The quantitative estimate of drug-likeness (QED) is 0.215. The average Bonchev–Trinajstić information content (AvgIpc) is 3.50. The predicted octanol–water partition coefficient (Wildman–Crippen LogP) is 7.09. The fourth-order valence-electron chi connectivity index (χ4n) is 5.98. The van der Waals surface area contributed by atoms with Crippen LogP contribution in [0, 0.1) is 6.92 Å². The number of piperazine rings is 1. The molecular formula is C35H37ClN4O5. The lowest BCUT2D eigenvalue weighted by atomic mass is 10.1. The van der Waals surface area contributed by atoms with Crippen molar-refractivity contribution in [3.05, 3.63) is 100 Å². The van der Waals surface area contributed by atoms with E-state index in [1.165, 1.54) is 0 Å². The van der Waals surface area contributed by atoms with E-state index in [9.17, 15) is 9.59 Å². The van der Waals surface area contributed by atoms with Crippen molar-refractivity contribution in [3.63, 3.8) is 0 Å². The van der Waals surface area contributed by atoms with Gasteiger partial charge in [-0.3, -0.25) is 14.7 Å². The topological polar surface area (TPSA) is 98.0 Å². The second kappa shape index (κ2) is 12.6. The molecule has 10 heteroatoms. The number of aromatic nitrogens is 2. The van der Waals surface area contributed by atoms with Crippen molar-refractivity contribution in [2.24, 2.45) is 0 Å². The van der Waals surface area contributed by atoms with Crippen LogP contribution in [-0.2, 0) is 17.8 Å². The Morgan fingerprint density at radius 1 is 1.02 bits per heavy atom. The highest BCUT2D eigenvalue weighted by molar-refractivity contribution is 6.30. The van der Waals surface area contributed by atoms with E-state index in [0.29, 0.717) is 47.4 Å². The van der Waals surface area contributed by atoms with Gasteiger partial charge >= 0.3 is 6.09 Å². The van der Waals surface area contributed by atoms with E-state index in [2.05, 4.69) is 4.98 Å². The van der Waals surface area contributed by atoms with Gasteiger partial charge in [0.1, 0.15) is 29.4 Å². The molecule has 0 aliphatic carbocycles. The SMILES string of the molecule is Cc1oc(Cc2cccc(Cl)c2)nc1-c1ccc(OCc2ccc(C(=O)N3CC4CCC(C3)N4C(=O)OC(C)(C)C)cn2)cc1. The summed E-state index contributed by atoms with van der Waals surface area (Å²) in [6.07, 6.45) is 3.60. The second-order valence-electron chi connectivity index (χ2n) is 12.7. The fourth-order valence-corrected chi connectivity index (χ4v) is 6.20. The van der Waals surface area contributed by atoms with E-state index in [-0.39, 0.29) is 30.7 Å². The minimum absolute atomic E-state index is 0.0290. The van der Waals surface area contributed by atoms with Crippen LogP contribution in [0.2, 0.25) is 5.02 Å². The van der Waals surface area contributed by atoms with E-state index < -0.39 is 5.60 Å². The number of oxazole rings is 1. The summed E-state index contributed by atoms with van der Waals surface area (Å²) in [5.74, 6) is 2.00. The van der Waals surface area contributed by atoms with Crippen molar-refractivity contribution in [1.82, 2.24) is 19.8 Å². The van der Waals surface area contributed by atoms with Gasteiger partial charge in [-0.2, -0.15) is 0 Å². The van der Waals surface area contributed by atoms with Crippen LogP contribution < -0.4 is 4.74 Å². The van der Waals surface area contributed by atoms with Gasteiger partial charge in [-0.15, -0.1) is 0 Å². The van der Waals surface area contributed by atoms with E-state index in [0.717, 1.165) is 35.4 Å². The first-order valence-corrected chi connectivity index (χ1v) is 15.6. The minimum atomic E-state index is -0.551. The Balaban J connectivity index is 1.02. The summed E-state index contributed by atoms with van der Waals surface area (Å²) < 4.78 is 17.5. The number of carbonyl (C=O) groups excluding carboxylic acids is 2. The molecule has 2 aromatic carbocycles. The molecule has 2 aliphatic heterocycles. The maximum atomic E-state index is 13.3. The molecule has 6 rings (SSSR count). The number of pyridine rings is 1. The summed E-state index contributed by atoms with van der Waals surface area (Å²) in [6, 6.07) is 18.9. The first-order chi connectivity index (χ1) is 21.5. The standard InChI is InChI=1S/C35H37ClN4O5/c1-22-32(38-31(44-22)17-23-6-5-7-26(36)16-23)24-9-14-30(15-10-24)43-21-27-11-8-25(18-37-27)33(41)39-19-28-12-13-29(20-39)40(28)34(42)45-35(2,3)4/h5-11,14-16,18,28-29H,12-13,17,19-21H2,1-4H3. The molecule has 0 radical (unpaired) electrons. The number of fused-ring (bicyclic) bond motifs is 2. The predicted molar refractivity (Wildman–Crippen MR) is 170 cm³/mol. The first kappa shape index (κ1) is 30.6. The zero-order valence-corrected chi connectivity index (χ0v) is 26.7. The summed E-state index contributed by atoms with van der Waals surface area (Å²) in [5.41, 5.74) is 3.44. The molecule has 4 aromatic rings. The van der Waals surface area contributed by atoms with Crippen molar-refractivity contribution in [2.75, 3.05) is 13.1 Å². The molecule has 2 atom stereocenters. The highest BCUT2D eigenvalue weighted by Gasteiger charge is 2.45. The van der Waals surface area contributed by atoms with Gasteiger partial charge in [0.05, 0.1) is 23.3 Å². The third-order valence-electron chi connectivity index (χ3n) is 8.05. The molecule has 2 fully saturated rings. The number of ether oxygens (including phenoxy) is 2. The molecule has 0 spiro atoms. The molecule has 2 bridgehead atoms. The van der Waals surface area contributed by atoms with Crippen LogP contribution in [0.3, 0.4) is 0 Å². The summed E-state index contributed by atoms with van der Waals surface area (Å²) in [5, 5.41) is 0.685. The molecular weight excluding hydrogens is 592 g/mol. The minimum Gasteiger partial charge on any atom is -0.487 e. The second-order valence-corrected chi connectivity index (χ2v) is 13.1. The number of hydrogen-bond acceptors (Lipinski definition) is 7. The highest BCUT2D eigenvalue weighted by Crippen LogP contribution is 2.32. The molecule has 2 unspecified atom stereocenters. The van der Waals surface area contributed by atoms with E-state index in [1.54, 1.807) is 12.3 Å². The molecule has 9 nitrogen and oxygen atoms in total. The van der Waals surface area contributed by atoms with Gasteiger partial charge in [-0.25, -0.2) is 9.78 Å². The van der Waals surface area contributed by atoms with Crippen molar-refractivity contribution in [1.29, 1.82) is 0 Å². The van der Waals surface area contributed by atoms with Crippen LogP contribution in [0.5, 0.6) is 5.75 Å². The van der Waals surface area contributed by atoms with Gasteiger partial charge in [0.2, 0.25) is 0 Å². The van der Waals surface area contributed by atoms with Gasteiger partial charge in [0.15, 0.2) is 5.89 Å². The molecule has 2 aliphatic rings. The van der Waals surface area contributed by atoms with E-state index in [1.807, 2.05) is 92.1 Å². The highest BCUT2D eigenvalue weighted by atomic mass is 35.5. The number of halogens is 1. The summed E-state index contributed by atoms with van der Waals surface area (Å²) in [6.45, 7) is 8.75. The normalized spacial score (nSPS) is 17.8. The molecule has 234 valence electrons. The van der Waals surface area contributed by atoms with Crippen molar-refractivity contribution in [3.8, 4) is 17.0 Å². The largest absolute Gasteiger partial charge is 0.487 e. The molecule has 4 heterocycles. The first-order valence-electron chi connectivity index (χ1n) is 15.2. The number of amides is 2.